The molecule has 0 aliphatic rings. The Kier molecular flexibility index (Phi) is 4.33. The molecule has 0 aromatic heterocycles. The van der Waals surface area contributed by atoms with Gasteiger partial charge in [0.25, 0.3) is 0 Å². The molecule has 3 N–H and O–H groups in total. The zero-order valence-electron chi connectivity index (χ0n) is 10.7. The molecule has 1 aromatic carbocycles. The highest BCUT2D eigenvalue weighted by atomic mass is 79.9. The average Bonchev–Trinajstić information content (AvgIpc) is 2.22. The van der Waals surface area contributed by atoms with Crippen molar-refractivity contribution in [2.45, 2.75) is 33.7 Å². The van der Waals surface area contributed by atoms with Crippen LogP contribution in [0.5, 0.6) is 0 Å². The first-order valence-electron chi connectivity index (χ1n) is 5.55. The molecule has 1 amide bonds. The van der Waals surface area contributed by atoms with Crippen molar-refractivity contribution < 1.29 is 4.79 Å². The van der Waals surface area contributed by atoms with Crippen LogP contribution in [0.3, 0.4) is 0 Å². The number of carbonyl (C=O) groups is 1. The van der Waals surface area contributed by atoms with Crippen molar-refractivity contribution in [2.75, 3.05) is 5.32 Å². The quantitative estimate of drug-likeness (QED) is 0.881. The summed E-state index contributed by atoms with van der Waals surface area (Å²) in [6, 6.07) is 5.16. The minimum Gasteiger partial charge on any atom is -0.324 e. The number of hydrogen-bond acceptors (Lipinski definition) is 2. The van der Waals surface area contributed by atoms with Gasteiger partial charge in [-0.25, -0.2) is 0 Å². The molecule has 3 nitrogen and oxygen atoms in total. The molecule has 0 unspecified atom stereocenters. The fourth-order valence-corrected chi connectivity index (χ4v) is 1.71. The van der Waals surface area contributed by atoms with Gasteiger partial charge in [0, 0.05) is 10.2 Å². The van der Waals surface area contributed by atoms with Gasteiger partial charge in [-0.15, -0.1) is 0 Å². The largest absolute Gasteiger partial charge is 0.324 e. The van der Waals surface area contributed by atoms with Crippen molar-refractivity contribution >= 4 is 27.5 Å². The molecule has 1 aromatic rings. The lowest BCUT2D eigenvalue weighted by Crippen LogP contribution is -2.45. The van der Waals surface area contributed by atoms with Crippen LogP contribution >= 0.6 is 15.9 Å². The average molecular weight is 299 g/mol. The van der Waals surface area contributed by atoms with Crippen LogP contribution in [-0.2, 0) is 4.79 Å². The van der Waals surface area contributed by atoms with E-state index in [-0.39, 0.29) is 11.3 Å². The summed E-state index contributed by atoms with van der Waals surface area (Å²) in [7, 11) is 0. The topological polar surface area (TPSA) is 55.1 Å². The molecule has 0 saturated carbocycles. The normalized spacial score (nSPS) is 13.3. The highest BCUT2D eigenvalue weighted by molar-refractivity contribution is 9.10. The van der Waals surface area contributed by atoms with E-state index in [0.717, 1.165) is 15.7 Å². The number of benzene rings is 1. The van der Waals surface area contributed by atoms with E-state index in [1.807, 2.05) is 45.9 Å². The monoisotopic (exact) mass is 298 g/mol. The number of nitrogens with two attached hydrogens (primary N) is 1. The van der Waals surface area contributed by atoms with Crippen LogP contribution in [0.15, 0.2) is 22.7 Å². The zero-order chi connectivity index (χ0) is 13.2. The van der Waals surface area contributed by atoms with Gasteiger partial charge in [-0.1, -0.05) is 42.8 Å². The second-order valence-corrected chi connectivity index (χ2v) is 6.10. The summed E-state index contributed by atoms with van der Waals surface area (Å²) in [5, 5.41) is 2.86. The van der Waals surface area contributed by atoms with Gasteiger partial charge in [0.05, 0.1) is 6.04 Å². The van der Waals surface area contributed by atoms with Crippen LogP contribution in [0.1, 0.15) is 26.3 Å². The van der Waals surface area contributed by atoms with Crippen LogP contribution in [0.2, 0.25) is 0 Å². The Labute approximate surface area is 111 Å². The van der Waals surface area contributed by atoms with Gasteiger partial charge in [0.15, 0.2) is 0 Å². The number of nitrogens with one attached hydrogen (secondary N) is 1. The number of hydrogen-bond donors (Lipinski definition) is 2. The van der Waals surface area contributed by atoms with E-state index in [2.05, 4.69) is 21.2 Å². The Bertz CT molecular complexity index is 424. The van der Waals surface area contributed by atoms with Crippen LogP contribution < -0.4 is 11.1 Å². The van der Waals surface area contributed by atoms with Gasteiger partial charge >= 0.3 is 0 Å². The molecule has 0 fully saturated rings. The number of rotatable bonds is 2. The fourth-order valence-electron chi connectivity index (χ4n) is 1.35. The third-order valence-electron chi connectivity index (χ3n) is 2.74. The van der Waals surface area contributed by atoms with Gasteiger partial charge in [-0.05, 0) is 30.0 Å². The molecule has 0 radical (unpaired) electrons. The molecular weight excluding hydrogens is 280 g/mol. The maximum Gasteiger partial charge on any atom is 0.241 e. The molecule has 0 spiro atoms. The van der Waals surface area contributed by atoms with Crippen LogP contribution in [-0.4, -0.2) is 11.9 Å². The number of anilines is 1. The third kappa shape index (κ3) is 3.54. The molecular formula is C13H19BrN2O. The van der Waals surface area contributed by atoms with Crippen molar-refractivity contribution in [3.63, 3.8) is 0 Å². The Morgan fingerprint density at radius 1 is 1.41 bits per heavy atom. The highest BCUT2D eigenvalue weighted by Crippen LogP contribution is 2.25. The third-order valence-corrected chi connectivity index (χ3v) is 3.60. The SMILES string of the molecule is Cc1c(Br)cccc1NC(=O)[C@H](N)C(C)(C)C. The van der Waals surface area contributed by atoms with E-state index in [4.69, 9.17) is 5.73 Å². The lowest BCUT2D eigenvalue weighted by atomic mass is 9.87. The van der Waals surface area contributed by atoms with Crippen LogP contribution in [0.25, 0.3) is 0 Å². The molecule has 0 aliphatic heterocycles. The lowest BCUT2D eigenvalue weighted by Gasteiger charge is -2.26. The predicted molar refractivity (Wildman–Crippen MR) is 74.9 cm³/mol. The Morgan fingerprint density at radius 2 is 2.00 bits per heavy atom. The Morgan fingerprint density at radius 3 is 2.53 bits per heavy atom. The molecule has 1 rings (SSSR count). The molecule has 0 heterocycles. The van der Waals surface area contributed by atoms with Gasteiger partial charge in [-0.2, -0.15) is 0 Å². The molecule has 0 saturated heterocycles. The summed E-state index contributed by atoms with van der Waals surface area (Å²) in [4.78, 5) is 12.0. The number of carbonyl (C=O) groups excluding carboxylic acids is 1. The van der Waals surface area contributed by atoms with Crippen molar-refractivity contribution in [3.8, 4) is 0 Å². The molecule has 1 atom stereocenters. The van der Waals surface area contributed by atoms with Crippen molar-refractivity contribution in [1.29, 1.82) is 0 Å². The summed E-state index contributed by atoms with van der Waals surface area (Å²) < 4.78 is 0.972. The fraction of sp³-hybridized carbons (Fsp3) is 0.462. The lowest BCUT2D eigenvalue weighted by molar-refractivity contribution is -0.119. The van der Waals surface area contributed by atoms with E-state index >= 15 is 0 Å². The summed E-state index contributed by atoms with van der Waals surface area (Å²) in [5.74, 6) is -0.154. The van der Waals surface area contributed by atoms with Crippen molar-refractivity contribution in [1.82, 2.24) is 0 Å². The van der Waals surface area contributed by atoms with Gasteiger partial charge in [-0.3, -0.25) is 4.79 Å². The molecule has 0 bridgehead atoms. The minimum absolute atomic E-state index is 0.154. The Balaban J connectivity index is 2.86. The summed E-state index contributed by atoms with van der Waals surface area (Å²) in [6.07, 6.45) is 0. The first-order valence-corrected chi connectivity index (χ1v) is 6.34. The van der Waals surface area contributed by atoms with E-state index in [1.165, 1.54) is 0 Å². The zero-order valence-corrected chi connectivity index (χ0v) is 12.3. The maximum atomic E-state index is 12.0. The predicted octanol–water partition coefficient (Wildman–Crippen LogP) is 3.07. The first kappa shape index (κ1) is 14.2. The second-order valence-electron chi connectivity index (χ2n) is 5.25. The number of amides is 1. The summed E-state index contributed by atoms with van der Waals surface area (Å²) in [6.45, 7) is 7.79. The van der Waals surface area contributed by atoms with Gasteiger partial charge < -0.3 is 11.1 Å². The van der Waals surface area contributed by atoms with E-state index in [9.17, 15) is 4.79 Å². The van der Waals surface area contributed by atoms with E-state index < -0.39 is 6.04 Å². The van der Waals surface area contributed by atoms with Gasteiger partial charge in [0.1, 0.15) is 0 Å². The van der Waals surface area contributed by atoms with E-state index in [0.29, 0.717) is 0 Å². The summed E-state index contributed by atoms with van der Waals surface area (Å²) in [5.41, 5.74) is 7.46. The molecule has 0 aliphatic carbocycles. The van der Waals surface area contributed by atoms with Crippen LogP contribution in [0.4, 0.5) is 5.69 Å². The molecule has 4 heteroatoms. The number of halogens is 1. The minimum atomic E-state index is -0.527. The van der Waals surface area contributed by atoms with Crippen molar-refractivity contribution in [3.05, 3.63) is 28.2 Å². The summed E-state index contributed by atoms with van der Waals surface area (Å²) >= 11 is 3.43. The Hall–Kier alpha value is -0.870. The van der Waals surface area contributed by atoms with Gasteiger partial charge in [0.2, 0.25) is 5.91 Å². The second kappa shape index (κ2) is 5.19. The standard InChI is InChI=1S/C13H19BrN2O/c1-8-9(14)6-5-7-10(8)16-12(17)11(15)13(2,3)4/h5-7,11H,15H2,1-4H3,(H,16,17)/t11-/m0/s1. The maximum absolute atomic E-state index is 12.0. The smallest absolute Gasteiger partial charge is 0.241 e. The van der Waals surface area contributed by atoms with E-state index in [1.54, 1.807) is 0 Å². The first-order chi connectivity index (χ1) is 7.73. The molecule has 17 heavy (non-hydrogen) atoms. The van der Waals surface area contributed by atoms with Crippen molar-refractivity contribution in [2.24, 2.45) is 11.1 Å². The highest BCUT2D eigenvalue weighted by Gasteiger charge is 2.27. The molecule has 94 valence electrons. The van der Waals surface area contributed by atoms with Crippen LogP contribution in [0, 0.1) is 12.3 Å².